The number of hydrogen-bond donors (Lipinski definition) is 5. The first-order valence-electron chi connectivity index (χ1n) is 25.3. The third kappa shape index (κ3) is 17.4. The summed E-state index contributed by atoms with van der Waals surface area (Å²) in [4.78, 5) is 25.6. The first kappa shape index (κ1) is 66.2. The van der Waals surface area contributed by atoms with E-state index in [1.807, 2.05) is 141 Å². The maximum Gasteiger partial charge on any atom is 0.494 e. The van der Waals surface area contributed by atoms with Gasteiger partial charge in [0.15, 0.2) is 34.5 Å². The lowest BCUT2D eigenvalue weighted by Crippen LogP contribution is -2.41. The number of amides is 2. The van der Waals surface area contributed by atoms with Gasteiger partial charge in [0.2, 0.25) is 0 Å². The number of thiophene rings is 2. The van der Waals surface area contributed by atoms with Crippen molar-refractivity contribution in [3.63, 3.8) is 0 Å². The Morgan fingerprint density at radius 1 is 0.500 bits per heavy atom. The molecule has 3 saturated heterocycles. The maximum atomic E-state index is 11.9. The maximum absolute atomic E-state index is 11.9. The van der Waals surface area contributed by atoms with Crippen molar-refractivity contribution in [2.24, 2.45) is 0 Å². The zero-order valence-electron chi connectivity index (χ0n) is 48.3. The number of nitrogens with one attached hydrogen (secondary N) is 2. The highest BCUT2D eigenvalue weighted by molar-refractivity contribution is 9.11. The number of ether oxygens (including phenoxy) is 3. The smallest absolute Gasteiger partial charge is 0.494 e. The van der Waals surface area contributed by atoms with Gasteiger partial charge in [-0.3, -0.25) is 9.59 Å². The summed E-state index contributed by atoms with van der Waals surface area (Å²) in [5.41, 5.74) is -0.560. The van der Waals surface area contributed by atoms with Crippen molar-refractivity contribution in [2.45, 2.75) is 156 Å². The lowest BCUT2D eigenvalue weighted by Gasteiger charge is -2.32. The molecule has 3 aliphatic rings. The number of hydrogen-bond acceptors (Lipinski definition) is 16. The molecule has 0 unspecified atom stereocenters. The fourth-order valence-electron chi connectivity index (χ4n) is 7.06. The first-order chi connectivity index (χ1) is 36.0. The molecular weight excluding hydrogens is 1170 g/mol. The van der Waals surface area contributed by atoms with E-state index in [2.05, 4.69) is 42.5 Å². The molecule has 0 atom stereocenters. The normalized spacial score (nSPS) is 17.8. The number of carbonyl (C=O) groups excluding carboxylic acids is 2. The Balaban J connectivity index is 0.000000215. The van der Waals surface area contributed by atoms with Gasteiger partial charge in [-0.05, 0) is 211 Å². The molecule has 0 radical (unpaired) electrons. The van der Waals surface area contributed by atoms with Gasteiger partial charge < -0.3 is 68.1 Å². The van der Waals surface area contributed by atoms with E-state index >= 15 is 0 Å². The summed E-state index contributed by atoms with van der Waals surface area (Å²) in [6, 6.07) is 23.1. The zero-order valence-corrected chi connectivity index (χ0v) is 53.1. The largest absolute Gasteiger partial charge is 0.504 e. The minimum Gasteiger partial charge on any atom is -0.504 e. The third-order valence-corrected chi connectivity index (χ3v) is 16.8. The highest BCUT2D eigenvalue weighted by Gasteiger charge is 2.63. The van der Waals surface area contributed by atoms with Crippen LogP contribution in [0.5, 0.6) is 34.5 Å². The number of methoxy groups -OCH3 is 3. The van der Waals surface area contributed by atoms with Crippen LogP contribution in [0.1, 0.15) is 130 Å². The molecule has 8 rings (SSSR count). The predicted octanol–water partition coefficient (Wildman–Crippen LogP) is 12.0. The fourth-order valence-corrected chi connectivity index (χ4v) is 9.60. The van der Waals surface area contributed by atoms with E-state index in [0.29, 0.717) is 22.1 Å². The van der Waals surface area contributed by atoms with Crippen LogP contribution in [0.2, 0.25) is 0 Å². The molecule has 0 spiro atoms. The van der Waals surface area contributed by atoms with Crippen molar-refractivity contribution in [2.75, 3.05) is 21.3 Å². The van der Waals surface area contributed by atoms with Crippen LogP contribution in [-0.4, -0.2) is 115 Å². The number of carbonyl (C=O) groups is 2. The van der Waals surface area contributed by atoms with Gasteiger partial charge in [0.1, 0.15) is 0 Å². The molecule has 78 heavy (non-hydrogen) atoms. The molecule has 5 N–H and O–H groups in total. The van der Waals surface area contributed by atoms with E-state index in [4.69, 9.17) is 47.2 Å². The molecule has 0 aliphatic carbocycles. The summed E-state index contributed by atoms with van der Waals surface area (Å²) in [7, 11) is 3.12. The topological polar surface area (TPSA) is 202 Å². The second-order valence-electron chi connectivity index (χ2n) is 22.0. The fraction of sp³-hybridized carbons (Fsp3) is 0.491. The molecule has 16 nitrogen and oxygen atoms in total. The Kier molecular flexibility index (Phi) is 22.9. The Hall–Kier alpha value is -4.29. The summed E-state index contributed by atoms with van der Waals surface area (Å²) < 4.78 is 52.3. The van der Waals surface area contributed by atoms with Gasteiger partial charge in [-0.15, -0.1) is 22.7 Å². The van der Waals surface area contributed by atoms with Gasteiger partial charge in [-0.2, -0.15) is 0 Å². The number of phenols is 3. The number of benzene rings is 3. The van der Waals surface area contributed by atoms with Crippen LogP contribution in [0.25, 0.3) is 10.4 Å². The highest BCUT2D eigenvalue weighted by Crippen LogP contribution is 2.43. The molecule has 3 aromatic carbocycles. The van der Waals surface area contributed by atoms with Crippen molar-refractivity contribution in [3.05, 3.63) is 96.9 Å². The van der Waals surface area contributed by atoms with Gasteiger partial charge >= 0.3 is 21.1 Å². The molecular formula is C55H77B3Br2N2O14S2. The van der Waals surface area contributed by atoms with Crippen LogP contribution >= 0.6 is 54.5 Å². The molecule has 23 heteroatoms. The summed E-state index contributed by atoms with van der Waals surface area (Å²) in [5, 5.41) is 34.4. The van der Waals surface area contributed by atoms with E-state index in [-0.39, 0.29) is 74.8 Å². The number of rotatable bonds is 10. The van der Waals surface area contributed by atoms with Gasteiger partial charge in [0, 0.05) is 21.4 Å². The summed E-state index contributed by atoms with van der Waals surface area (Å²) in [6.45, 7) is 31.9. The quantitative estimate of drug-likeness (QED) is 0.0827. The van der Waals surface area contributed by atoms with Crippen molar-refractivity contribution >= 4 is 92.9 Å². The lowest BCUT2D eigenvalue weighted by molar-refractivity contribution is 0.00578. The van der Waals surface area contributed by atoms with Crippen LogP contribution in [-0.2, 0) is 27.9 Å². The molecule has 2 amide bonds. The van der Waals surface area contributed by atoms with Crippen molar-refractivity contribution in [1.82, 2.24) is 10.6 Å². The van der Waals surface area contributed by atoms with E-state index in [0.717, 1.165) is 29.0 Å². The average molecular weight is 1250 g/mol. The van der Waals surface area contributed by atoms with Crippen LogP contribution < -0.4 is 30.3 Å². The standard InChI is InChI=1S/C15H17NO3S.C13H19BO4.C12H24B2O4.C8H10BrNOS.C7H7BrO2/c1-9(2)16-15(18)14-7-6-13(20-14)10-4-5-12(19-3)11(17)8-10;1-12(2)13(3,4)18-14(17-12)9-6-7-11(16-5)10(15)8-9;1-9(2)10(3,4)16-13(15-9)14-17-11(5,6)12(7,8)18-14;1-5(2)10-8(11)6-3-4-7(9)12-6;1-10-7-3-2-5(8)4-6(7)9/h4-9,17H,1-3H3,(H,16,18);6-8,15H,1-5H3;1-8H3;3-5H,1-2H3,(H,10,11);2-4,9H,1H3. The second-order valence-corrected chi connectivity index (χ2v) is 26.5. The lowest BCUT2D eigenvalue weighted by atomic mass is 9.49. The summed E-state index contributed by atoms with van der Waals surface area (Å²) >= 11 is 9.35. The Morgan fingerprint density at radius 2 is 0.872 bits per heavy atom. The van der Waals surface area contributed by atoms with Gasteiger partial charge in [-0.1, -0.05) is 22.0 Å². The summed E-state index contributed by atoms with van der Waals surface area (Å²) in [6.07, 6.45) is 0. The van der Waals surface area contributed by atoms with Crippen LogP contribution in [0, 0.1) is 0 Å². The van der Waals surface area contributed by atoms with Crippen molar-refractivity contribution in [3.8, 4) is 44.9 Å². The molecule has 2 aromatic heterocycles. The summed E-state index contributed by atoms with van der Waals surface area (Å²) in [5.74, 6) is 1.62. The predicted molar refractivity (Wildman–Crippen MR) is 320 cm³/mol. The molecule has 426 valence electrons. The monoisotopic (exact) mass is 1240 g/mol. The number of phenolic OH excluding ortho intramolecular Hbond substituents is 3. The van der Waals surface area contributed by atoms with Gasteiger partial charge in [0.05, 0.1) is 68.5 Å². The molecule has 0 bridgehead atoms. The molecule has 5 aromatic rings. The Bertz CT molecular complexity index is 2720. The molecule has 3 fully saturated rings. The minimum absolute atomic E-state index is 0.000648. The van der Waals surface area contributed by atoms with E-state index in [1.165, 1.54) is 44.0 Å². The Labute approximate surface area is 487 Å². The van der Waals surface area contributed by atoms with Crippen molar-refractivity contribution in [1.29, 1.82) is 0 Å². The van der Waals surface area contributed by atoms with E-state index in [1.54, 1.807) is 48.5 Å². The second kappa shape index (κ2) is 27.0. The zero-order chi connectivity index (χ0) is 58.9. The van der Waals surface area contributed by atoms with Crippen LogP contribution in [0.3, 0.4) is 0 Å². The number of halogens is 2. The Morgan fingerprint density at radius 3 is 1.24 bits per heavy atom. The van der Waals surface area contributed by atoms with Crippen LogP contribution in [0.4, 0.5) is 0 Å². The minimum atomic E-state index is -0.476. The number of aromatic hydroxyl groups is 3. The van der Waals surface area contributed by atoms with E-state index < -0.39 is 21.1 Å². The van der Waals surface area contributed by atoms with Gasteiger partial charge in [0.25, 0.3) is 11.8 Å². The first-order valence-corrected chi connectivity index (χ1v) is 28.5. The van der Waals surface area contributed by atoms with E-state index in [9.17, 15) is 19.8 Å². The highest BCUT2D eigenvalue weighted by atomic mass is 79.9. The molecule has 5 heterocycles. The molecule has 0 saturated carbocycles. The van der Waals surface area contributed by atoms with Gasteiger partial charge in [-0.25, -0.2) is 0 Å². The third-order valence-electron chi connectivity index (χ3n) is 13.6. The average Bonchev–Trinajstić information content (AvgIpc) is 4.14. The SMILES string of the molecule is CC(C)NC(=O)c1ccc(Br)s1.CC1(C)OB(B2OC(C)(C)C(C)(C)O2)OC1(C)C.COc1ccc(-c2ccc(C(=O)NC(C)C)s2)cc1O.COc1ccc(B2OC(C)(C)C(C)(C)O2)cc1O.COc1ccc(Br)cc1O. The molecule has 3 aliphatic heterocycles. The van der Waals surface area contributed by atoms with Crippen molar-refractivity contribution < 1.29 is 67.0 Å². The van der Waals surface area contributed by atoms with Crippen LogP contribution in [0.15, 0.2) is 87.1 Å².